The molecule has 0 aliphatic rings. The number of esters is 1. The predicted octanol–water partition coefficient (Wildman–Crippen LogP) is 1.91. The number of halogens is 1. The minimum atomic E-state index is -3.71. The van der Waals surface area contributed by atoms with Gasteiger partial charge in [0, 0.05) is 20.6 Å². The molecule has 0 aliphatic heterocycles. The van der Waals surface area contributed by atoms with Gasteiger partial charge in [-0.3, -0.25) is 4.79 Å². The molecule has 1 aromatic carbocycles. The van der Waals surface area contributed by atoms with E-state index in [0.717, 1.165) is 16.8 Å². The fraction of sp³-hybridized carbons (Fsp3) is 0.500. The Morgan fingerprint density at radius 1 is 1.28 bits per heavy atom. The van der Waals surface area contributed by atoms with Gasteiger partial charge in [0.25, 0.3) is 5.91 Å². The van der Waals surface area contributed by atoms with Gasteiger partial charge in [-0.05, 0) is 30.5 Å². The van der Waals surface area contributed by atoms with Crippen LogP contribution in [0.2, 0.25) is 5.02 Å². The highest BCUT2D eigenvalue weighted by Gasteiger charge is 2.21. The highest BCUT2D eigenvalue weighted by atomic mass is 35.5. The maximum atomic E-state index is 12.1. The highest BCUT2D eigenvalue weighted by molar-refractivity contribution is 7.89. The summed E-state index contributed by atoms with van der Waals surface area (Å²) in [7, 11) is -0.957. The number of hydrogen-bond acceptors (Lipinski definition) is 5. The van der Waals surface area contributed by atoms with E-state index in [1.54, 1.807) is 0 Å². The Hall–Kier alpha value is -1.64. The molecule has 0 spiro atoms. The van der Waals surface area contributed by atoms with Crippen molar-refractivity contribution in [2.45, 2.75) is 25.2 Å². The number of benzene rings is 1. The van der Waals surface area contributed by atoms with Gasteiger partial charge < -0.3 is 10.1 Å². The monoisotopic (exact) mass is 390 g/mol. The number of nitrogens with zero attached hydrogens (tertiary/aromatic N) is 1. The maximum absolute atomic E-state index is 12.1. The summed E-state index contributed by atoms with van der Waals surface area (Å²) >= 11 is 5.94. The minimum Gasteiger partial charge on any atom is -0.452 e. The molecule has 9 heteroatoms. The number of rotatable bonds is 8. The van der Waals surface area contributed by atoms with Crippen molar-refractivity contribution in [1.82, 2.24) is 9.62 Å². The van der Waals surface area contributed by atoms with Crippen LogP contribution in [0.5, 0.6) is 0 Å². The first-order chi connectivity index (χ1) is 11.6. The molecular formula is C16H23ClN2O5S. The van der Waals surface area contributed by atoms with Crippen molar-refractivity contribution < 1.29 is 22.7 Å². The summed E-state index contributed by atoms with van der Waals surface area (Å²) < 4.78 is 30.2. The van der Waals surface area contributed by atoms with E-state index in [-0.39, 0.29) is 15.5 Å². The van der Waals surface area contributed by atoms with Crippen LogP contribution in [0.3, 0.4) is 0 Å². The van der Waals surface area contributed by atoms with Crippen LogP contribution in [-0.4, -0.2) is 51.8 Å². The van der Waals surface area contributed by atoms with Crippen LogP contribution in [0.4, 0.5) is 0 Å². The second kappa shape index (κ2) is 9.17. The molecule has 140 valence electrons. The number of amides is 1. The van der Waals surface area contributed by atoms with Crippen molar-refractivity contribution in [2.24, 2.45) is 5.92 Å². The topological polar surface area (TPSA) is 92.8 Å². The predicted molar refractivity (Wildman–Crippen MR) is 95.1 cm³/mol. The fourth-order valence-corrected chi connectivity index (χ4v) is 2.92. The molecule has 0 radical (unpaired) electrons. The van der Waals surface area contributed by atoms with E-state index in [9.17, 15) is 18.0 Å². The van der Waals surface area contributed by atoms with E-state index in [4.69, 9.17) is 16.3 Å². The van der Waals surface area contributed by atoms with Crippen LogP contribution < -0.4 is 5.32 Å². The zero-order valence-corrected chi connectivity index (χ0v) is 16.3. The summed E-state index contributed by atoms with van der Waals surface area (Å²) in [6.07, 6.45) is 0.815. The molecule has 0 heterocycles. The summed E-state index contributed by atoms with van der Waals surface area (Å²) in [4.78, 5) is 23.7. The van der Waals surface area contributed by atoms with Crippen LogP contribution in [0, 0.1) is 5.92 Å². The lowest BCUT2D eigenvalue weighted by Crippen LogP contribution is -2.30. The third-order valence-electron chi connectivity index (χ3n) is 3.31. The van der Waals surface area contributed by atoms with E-state index >= 15 is 0 Å². The van der Waals surface area contributed by atoms with Crippen LogP contribution in [0.15, 0.2) is 23.1 Å². The molecular weight excluding hydrogens is 368 g/mol. The Labute approximate surface area is 153 Å². The van der Waals surface area contributed by atoms with Gasteiger partial charge in [-0.2, -0.15) is 0 Å². The average molecular weight is 391 g/mol. The molecule has 1 aromatic rings. The maximum Gasteiger partial charge on any atom is 0.340 e. The van der Waals surface area contributed by atoms with E-state index in [0.29, 0.717) is 12.5 Å². The summed E-state index contributed by atoms with van der Waals surface area (Å²) in [6.45, 7) is 4.09. The normalized spacial score (nSPS) is 11.6. The fourth-order valence-electron chi connectivity index (χ4n) is 1.79. The zero-order chi connectivity index (χ0) is 19.2. The Bertz CT molecular complexity index is 732. The molecule has 0 atom stereocenters. The minimum absolute atomic E-state index is 0.0444. The number of carbonyl (C=O) groups excluding carboxylic acids is 2. The molecule has 0 saturated heterocycles. The molecule has 7 nitrogen and oxygen atoms in total. The second-order valence-electron chi connectivity index (χ2n) is 6.04. The first kappa shape index (κ1) is 21.4. The summed E-state index contributed by atoms with van der Waals surface area (Å²) in [5.74, 6) is -0.843. The smallest absolute Gasteiger partial charge is 0.340 e. The Morgan fingerprint density at radius 3 is 2.48 bits per heavy atom. The lowest BCUT2D eigenvalue weighted by atomic mass is 10.1. The van der Waals surface area contributed by atoms with Gasteiger partial charge in [0.05, 0.1) is 15.5 Å². The molecule has 25 heavy (non-hydrogen) atoms. The lowest BCUT2D eigenvalue weighted by Gasteiger charge is -2.13. The van der Waals surface area contributed by atoms with Gasteiger partial charge in [-0.1, -0.05) is 25.4 Å². The van der Waals surface area contributed by atoms with Gasteiger partial charge >= 0.3 is 5.97 Å². The SMILES string of the molecule is CC(C)CCNC(=O)COC(=O)c1cc(S(=O)(=O)N(C)C)ccc1Cl. The molecule has 1 N–H and O–H groups in total. The molecule has 0 fully saturated rings. The molecule has 0 bridgehead atoms. The standard InChI is InChI=1S/C16H23ClN2O5S/c1-11(2)7-8-18-15(20)10-24-16(21)13-9-12(5-6-14(13)17)25(22,23)19(3)4/h5-6,9,11H,7-8,10H2,1-4H3,(H,18,20). The second-order valence-corrected chi connectivity index (χ2v) is 8.60. The number of carbonyl (C=O) groups is 2. The van der Waals surface area contributed by atoms with Crippen molar-refractivity contribution in [1.29, 1.82) is 0 Å². The van der Waals surface area contributed by atoms with Crippen LogP contribution in [-0.2, 0) is 19.6 Å². The van der Waals surface area contributed by atoms with Gasteiger partial charge in [0.15, 0.2) is 6.61 Å². The van der Waals surface area contributed by atoms with Gasteiger partial charge in [-0.25, -0.2) is 17.5 Å². The Kier molecular flexibility index (Phi) is 7.85. The van der Waals surface area contributed by atoms with Crippen molar-refractivity contribution in [3.05, 3.63) is 28.8 Å². The van der Waals surface area contributed by atoms with Gasteiger partial charge in [-0.15, -0.1) is 0 Å². The van der Waals surface area contributed by atoms with Crippen molar-refractivity contribution in [3.63, 3.8) is 0 Å². The summed E-state index contributed by atoms with van der Waals surface area (Å²) in [5, 5.41) is 2.68. The summed E-state index contributed by atoms with van der Waals surface area (Å²) in [5.41, 5.74) is -0.112. The Morgan fingerprint density at radius 2 is 1.92 bits per heavy atom. The van der Waals surface area contributed by atoms with Crippen molar-refractivity contribution >= 4 is 33.5 Å². The largest absolute Gasteiger partial charge is 0.452 e. The molecule has 1 rings (SSSR count). The van der Waals surface area contributed by atoms with Crippen molar-refractivity contribution in [2.75, 3.05) is 27.2 Å². The Balaban J connectivity index is 2.77. The molecule has 0 aliphatic carbocycles. The van der Waals surface area contributed by atoms with Crippen LogP contribution in [0.25, 0.3) is 0 Å². The first-order valence-electron chi connectivity index (χ1n) is 7.71. The molecule has 0 unspecified atom stereocenters. The molecule has 0 aromatic heterocycles. The number of sulfonamides is 1. The number of hydrogen-bond donors (Lipinski definition) is 1. The molecule has 0 saturated carbocycles. The van der Waals surface area contributed by atoms with Crippen LogP contribution >= 0.6 is 11.6 Å². The average Bonchev–Trinajstić information content (AvgIpc) is 2.52. The number of ether oxygens (including phenoxy) is 1. The first-order valence-corrected chi connectivity index (χ1v) is 9.53. The van der Waals surface area contributed by atoms with E-state index in [1.807, 2.05) is 13.8 Å². The summed E-state index contributed by atoms with van der Waals surface area (Å²) in [6, 6.07) is 3.74. The van der Waals surface area contributed by atoms with Gasteiger partial charge in [0.2, 0.25) is 10.0 Å². The van der Waals surface area contributed by atoms with E-state index in [1.165, 1.54) is 26.2 Å². The van der Waals surface area contributed by atoms with Crippen LogP contribution in [0.1, 0.15) is 30.6 Å². The zero-order valence-electron chi connectivity index (χ0n) is 14.7. The number of nitrogens with one attached hydrogen (secondary N) is 1. The van der Waals surface area contributed by atoms with Gasteiger partial charge in [0.1, 0.15) is 0 Å². The highest BCUT2D eigenvalue weighted by Crippen LogP contribution is 2.22. The van der Waals surface area contributed by atoms with E-state index < -0.39 is 28.5 Å². The quantitative estimate of drug-likeness (QED) is 0.684. The third-order valence-corrected chi connectivity index (χ3v) is 5.46. The lowest BCUT2D eigenvalue weighted by molar-refractivity contribution is -0.124. The van der Waals surface area contributed by atoms with Crippen molar-refractivity contribution in [3.8, 4) is 0 Å². The molecule has 1 amide bonds. The third kappa shape index (κ3) is 6.30. The van der Waals surface area contributed by atoms with E-state index in [2.05, 4.69) is 5.32 Å².